The van der Waals surface area contributed by atoms with Crippen LogP contribution in [0, 0.1) is 0 Å². The number of aryl methyl sites for hydroxylation is 2. The molecular weight excluding hydrogens is 336 g/mol. The van der Waals surface area contributed by atoms with E-state index in [0.29, 0.717) is 26.2 Å². The van der Waals surface area contributed by atoms with Crippen molar-refractivity contribution in [3.63, 3.8) is 0 Å². The van der Waals surface area contributed by atoms with Crippen LogP contribution in [0.25, 0.3) is 0 Å². The van der Waals surface area contributed by atoms with Crippen LogP contribution in [-0.2, 0) is 19.9 Å². The maximum atomic E-state index is 12.6. The van der Waals surface area contributed by atoms with Gasteiger partial charge in [-0.25, -0.2) is 4.79 Å². The maximum absolute atomic E-state index is 12.6. The summed E-state index contributed by atoms with van der Waals surface area (Å²) < 4.78 is 0.906. The number of carbonyl (C=O) groups is 1. The Hall–Kier alpha value is -2.97. The van der Waals surface area contributed by atoms with E-state index in [9.17, 15) is 14.4 Å². The van der Waals surface area contributed by atoms with Gasteiger partial charge in [0.25, 0.3) is 11.5 Å². The molecule has 2 aliphatic rings. The van der Waals surface area contributed by atoms with Crippen molar-refractivity contribution in [3.8, 4) is 0 Å². The molecule has 1 fully saturated rings. The average molecular weight is 356 g/mol. The minimum Gasteiger partial charge on any atom is -0.352 e. The predicted octanol–water partition coefficient (Wildman–Crippen LogP) is -0.685. The summed E-state index contributed by atoms with van der Waals surface area (Å²) in [6.45, 7) is 2.23. The second-order valence-corrected chi connectivity index (χ2v) is 6.68. The Morgan fingerprint density at radius 3 is 2.65 bits per heavy atom. The fraction of sp³-hybridized carbons (Fsp3) is 0.471. The highest BCUT2D eigenvalue weighted by Gasteiger charge is 2.26. The van der Waals surface area contributed by atoms with Crippen molar-refractivity contribution >= 4 is 11.7 Å². The number of carbonyl (C=O) groups excluding carboxylic acids is 1. The first-order valence-electron chi connectivity index (χ1n) is 8.73. The molecule has 136 valence electrons. The summed E-state index contributed by atoms with van der Waals surface area (Å²) >= 11 is 0. The lowest BCUT2D eigenvalue weighted by Crippen LogP contribution is -2.50. The molecule has 2 aromatic heterocycles. The van der Waals surface area contributed by atoms with Crippen molar-refractivity contribution in [2.75, 3.05) is 31.1 Å². The molecular formula is C17H20N6O3. The van der Waals surface area contributed by atoms with E-state index >= 15 is 0 Å². The minimum atomic E-state index is -0.578. The van der Waals surface area contributed by atoms with Gasteiger partial charge in [0.2, 0.25) is 0 Å². The highest BCUT2D eigenvalue weighted by Crippen LogP contribution is 2.23. The van der Waals surface area contributed by atoms with Crippen molar-refractivity contribution in [2.45, 2.75) is 19.3 Å². The molecule has 1 aliphatic carbocycles. The molecule has 1 saturated heterocycles. The van der Waals surface area contributed by atoms with Gasteiger partial charge in [-0.05, 0) is 30.9 Å². The Balaban J connectivity index is 1.47. The van der Waals surface area contributed by atoms with Gasteiger partial charge in [-0.3, -0.25) is 14.2 Å². The Labute approximate surface area is 149 Å². The van der Waals surface area contributed by atoms with Gasteiger partial charge in [0, 0.05) is 39.4 Å². The summed E-state index contributed by atoms with van der Waals surface area (Å²) in [4.78, 5) is 42.4. The quantitative estimate of drug-likeness (QED) is 0.764. The molecule has 1 aliphatic heterocycles. The molecule has 9 nitrogen and oxygen atoms in total. The maximum Gasteiger partial charge on any atom is 0.328 e. The number of nitrogens with one attached hydrogen (secondary N) is 1. The first kappa shape index (κ1) is 16.5. The summed E-state index contributed by atoms with van der Waals surface area (Å²) in [6.07, 6.45) is 4.38. The van der Waals surface area contributed by atoms with E-state index in [2.05, 4.69) is 26.1 Å². The zero-order chi connectivity index (χ0) is 18.3. The van der Waals surface area contributed by atoms with Crippen molar-refractivity contribution in [2.24, 2.45) is 7.05 Å². The zero-order valence-corrected chi connectivity index (χ0v) is 14.6. The lowest BCUT2D eigenvalue weighted by atomic mass is 10.2. The molecule has 9 heteroatoms. The van der Waals surface area contributed by atoms with Crippen molar-refractivity contribution in [1.82, 2.24) is 24.6 Å². The highest BCUT2D eigenvalue weighted by atomic mass is 16.2. The van der Waals surface area contributed by atoms with Crippen LogP contribution in [0.1, 0.15) is 28.0 Å². The Kier molecular flexibility index (Phi) is 4.06. The van der Waals surface area contributed by atoms with Crippen LogP contribution in [0.2, 0.25) is 0 Å². The number of H-pyrrole nitrogens is 1. The Morgan fingerprint density at radius 1 is 1.12 bits per heavy atom. The van der Waals surface area contributed by atoms with Crippen molar-refractivity contribution in [1.29, 1.82) is 0 Å². The van der Waals surface area contributed by atoms with Gasteiger partial charge in [-0.2, -0.15) is 5.10 Å². The number of anilines is 1. The number of rotatable bonds is 2. The monoisotopic (exact) mass is 356 g/mol. The van der Waals surface area contributed by atoms with Gasteiger partial charge < -0.3 is 14.8 Å². The summed E-state index contributed by atoms with van der Waals surface area (Å²) in [5.74, 6) is 0.485. The predicted molar refractivity (Wildman–Crippen MR) is 94.5 cm³/mol. The van der Waals surface area contributed by atoms with Gasteiger partial charge in [0.1, 0.15) is 5.56 Å². The van der Waals surface area contributed by atoms with Crippen LogP contribution in [0.5, 0.6) is 0 Å². The molecule has 0 radical (unpaired) electrons. The van der Waals surface area contributed by atoms with Gasteiger partial charge >= 0.3 is 5.69 Å². The Morgan fingerprint density at radius 2 is 1.88 bits per heavy atom. The number of aromatic nitrogens is 4. The van der Waals surface area contributed by atoms with Crippen molar-refractivity contribution < 1.29 is 4.79 Å². The summed E-state index contributed by atoms with van der Waals surface area (Å²) in [7, 11) is 1.35. The number of hydrogen-bond donors (Lipinski definition) is 1. The van der Waals surface area contributed by atoms with Crippen LogP contribution in [-0.4, -0.2) is 56.7 Å². The third-order valence-corrected chi connectivity index (χ3v) is 5.11. The van der Waals surface area contributed by atoms with E-state index in [1.165, 1.54) is 18.8 Å². The smallest absolute Gasteiger partial charge is 0.328 e. The Bertz CT molecular complexity index is 971. The van der Waals surface area contributed by atoms with Crippen LogP contribution in [0.4, 0.5) is 5.82 Å². The molecule has 0 spiro atoms. The normalized spacial score (nSPS) is 16.7. The molecule has 0 aromatic carbocycles. The first-order valence-corrected chi connectivity index (χ1v) is 8.73. The first-order chi connectivity index (χ1) is 12.5. The van der Waals surface area contributed by atoms with E-state index < -0.39 is 11.2 Å². The zero-order valence-electron chi connectivity index (χ0n) is 14.6. The van der Waals surface area contributed by atoms with E-state index in [0.717, 1.165) is 35.3 Å². The van der Waals surface area contributed by atoms with Crippen molar-refractivity contribution in [3.05, 3.63) is 49.9 Å². The number of nitrogens with zero attached hydrogens (tertiary/aromatic N) is 5. The number of fused-ring (bicyclic) bond motifs is 1. The van der Waals surface area contributed by atoms with E-state index in [-0.39, 0.29) is 11.5 Å². The lowest BCUT2D eigenvalue weighted by molar-refractivity contribution is 0.0743. The molecule has 0 atom stereocenters. The van der Waals surface area contributed by atoms with Crippen LogP contribution in [0.3, 0.4) is 0 Å². The van der Waals surface area contributed by atoms with Crippen LogP contribution in [0.15, 0.2) is 21.9 Å². The van der Waals surface area contributed by atoms with Gasteiger partial charge in [-0.1, -0.05) is 0 Å². The SMILES string of the molecule is Cn1c(=O)[nH]cc(C(=O)N2CCN(c3cc4c(nn3)CCC4)CC2)c1=O. The molecule has 4 rings (SSSR count). The molecule has 0 saturated carbocycles. The molecule has 2 aromatic rings. The third kappa shape index (κ3) is 2.79. The second-order valence-electron chi connectivity index (χ2n) is 6.68. The van der Waals surface area contributed by atoms with Gasteiger partial charge in [0.15, 0.2) is 5.82 Å². The number of aromatic amines is 1. The average Bonchev–Trinajstić information content (AvgIpc) is 3.14. The summed E-state index contributed by atoms with van der Waals surface area (Å²) in [6, 6.07) is 2.10. The molecule has 26 heavy (non-hydrogen) atoms. The molecule has 0 bridgehead atoms. The van der Waals surface area contributed by atoms with Crippen LogP contribution < -0.4 is 16.1 Å². The standard InChI is InChI=1S/C17H20N6O3/c1-21-15(24)12(10-18-17(21)26)16(25)23-7-5-22(6-8-23)14-9-11-3-2-4-13(11)19-20-14/h9-10H,2-8H2,1H3,(H,18,26). The molecule has 0 unspecified atom stereocenters. The minimum absolute atomic E-state index is 0.0159. The molecule has 1 amide bonds. The molecule has 3 heterocycles. The van der Waals surface area contributed by atoms with E-state index in [1.54, 1.807) is 4.90 Å². The summed E-state index contributed by atoms with van der Waals surface area (Å²) in [5.41, 5.74) is 1.23. The largest absolute Gasteiger partial charge is 0.352 e. The molecule has 1 N–H and O–H groups in total. The topological polar surface area (TPSA) is 104 Å². The number of amides is 1. The lowest BCUT2D eigenvalue weighted by Gasteiger charge is -2.35. The third-order valence-electron chi connectivity index (χ3n) is 5.11. The highest BCUT2D eigenvalue weighted by molar-refractivity contribution is 5.93. The van der Waals surface area contributed by atoms with E-state index in [4.69, 9.17) is 0 Å². The van der Waals surface area contributed by atoms with Gasteiger partial charge in [0.05, 0.1) is 5.69 Å². The fourth-order valence-electron chi connectivity index (χ4n) is 3.50. The number of piperazine rings is 1. The van der Waals surface area contributed by atoms with E-state index in [1.807, 2.05) is 0 Å². The van der Waals surface area contributed by atoms with Gasteiger partial charge in [-0.15, -0.1) is 5.10 Å². The summed E-state index contributed by atoms with van der Waals surface area (Å²) in [5, 5.41) is 8.63. The van der Waals surface area contributed by atoms with Crippen LogP contribution >= 0.6 is 0 Å². The fourth-order valence-corrected chi connectivity index (χ4v) is 3.50. The second kappa shape index (κ2) is 6.40. The number of hydrogen-bond acceptors (Lipinski definition) is 6.